The number of carbonyl (C=O) groups excluding carboxylic acids is 3. The van der Waals surface area contributed by atoms with Gasteiger partial charge in [0.1, 0.15) is 5.92 Å². The van der Waals surface area contributed by atoms with Gasteiger partial charge in [0.15, 0.2) is 5.78 Å². The molecule has 0 saturated carbocycles. The van der Waals surface area contributed by atoms with Crippen molar-refractivity contribution in [2.45, 2.75) is 26.8 Å². The molecule has 1 fully saturated rings. The fourth-order valence-corrected chi connectivity index (χ4v) is 1.86. The van der Waals surface area contributed by atoms with Crippen LogP contribution in [0, 0.1) is 17.8 Å². The van der Waals surface area contributed by atoms with E-state index in [1.807, 2.05) is 0 Å². The lowest BCUT2D eigenvalue weighted by Gasteiger charge is -2.18. The van der Waals surface area contributed by atoms with Crippen molar-refractivity contribution < 1.29 is 19.2 Å². The van der Waals surface area contributed by atoms with Crippen LogP contribution in [0.3, 0.4) is 0 Å². The van der Waals surface area contributed by atoms with Crippen molar-refractivity contribution in [2.75, 3.05) is 7.11 Å². The molecule has 0 aromatic heterocycles. The molecule has 0 aliphatic carbocycles. The van der Waals surface area contributed by atoms with Crippen LogP contribution in [-0.2, 0) is 19.2 Å². The van der Waals surface area contributed by atoms with Gasteiger partial charge in [-0.15, -0.1) is 12.4 Å². The zero-order chi connectivity index (χ0) is 13.3. The molecular formula is C11H19ClN2O4. The summed E-state index contributed by atoms with van der Waals surface area (Å²) in [6, 6.07) is -0.740. The second-order valence-electron chi connectivity index (χ2n) is 4.59. The lowest BCUT2D eigenvalue weighted by atomic mass is 9.85. The third-order valence-electron chi connectivity index (χ3n) is 3.09. The van der Waals surface area contributed by atoms with Crippen LogP contribution in [0.5, 0.6) is 0 Å². The molecule has 6 nitrogen and oxygen atoms in total. The molecule has 0 bridgehead atoms. The molecule has 0 aromatic rings. The van der Waals surface area contributed by atoms with Gasteiger partial charge in [-0.1, -0.05) is 20.8 Å². The summed E-state index contributed by atoms with van der Waals surface area (Å²) in [5.74, 6) is -3.31. The van der Waals surface area contributed by atoms with Gasteiger partial charge in [-0.05, 0) is 5.92 Å². The van der Waals surface area contributed by atoms with E-state index in [0.717, 1.165) is 0 Å². The van der Waals surface area contributed by atoms with Gasteiger partial charge in [-0.2, -0.15) is 5.06 Å². The van der Waals surface area contributed by atoms with Gasteiger partial charge in [0, 0.05) is 0 Å². The van der Waals surface area contributed by atoms with E-state index in [1.165, 1.54) is 14.0 Å². The van der Waals surface area contributed by atoms with Crippen LogP contribution in [-0.4, -0.2) is 35.8 Å². The van der Waals surface area contributed by atoms with Crippen LogP contribution in [0.2, 0.25) is 0 Å². The molecule has 1 saturated heterocycles. The van der Waals surface area contributed by atoms with Crippen LogP contribution in [0.15, 0.2) is 0 Å². The van der Waals surface area contributed by atoms with Crippen molar-refractivity contribution in [3.05, 3.63) is 0 Å². The molecule has 7 heteroatoms. The van der Waals surface area contributed by atoms with Crippen LogP contribution in [0.25, 0.3) is 0 Å². The Bertz CT molecular complexity index is 359. The minimum absolute atomic E-state index is 0. The molecule has 0 aromatic carbocycles. The second-order valence-corrected chi connectivity index (χ2v) is 4.59. The number of amides is 2. The Labute approximate surface area is 112 Å². The maximum Gasteiger partial charge on any atom is 0.264 e. The molecule has 1 heterocycles. The summed E-state index contributed by atoms with van der Waals surface area (Å²) in [7, 11) is 1.22. The molecule has 104 valence electrons. The summed E-state index contributed by atoms with van der Waals surface area (Å²) in [4.78, 5) is 40.2. The normalized spacial score (nSPS) is 25.3. The van der Waals surface area contributed by atoms with E-state index < -0.39 is 35.5 Å². The highest BCUT2D eigenvalue weighted by Crippen LogP contribution is 2.28. The van der Waals surface area contributed by atoms with Crippen molar-refractivity contribution in [3.63, 3.8) is 0 Å². The number of imide groups is 1. The molecule has 0 unspecified atom stereocenters. The zero-order valence-corrected chi connectivity index (χ0v) is 11.7. The minimum atomic E-state index is -1.01. The summed E-state index contributed by atoms with van der Waals surface area (Å²) in [5, 5.41) is 0.639. The lowest BCUT2D eigenvalue weighted by molar-refractivity contribution is -0.181. The molecule has 2 N–H and O–H groups in total. The molecule has 0 spiro atoms. The average Bonchev–Trinajstić information content (AvgIpc) is 2.48. The van der Waals surface area contributed by atoms with Gasteiger partial charge in [0.25, 0.3) is 11.8 Å². The number of rotatable bonds is 4. The summed E-state index contributed by atoms with van der Waals surface area (Å²) in [6.45, 7) is 5.13. The Morgan fingerprint density at radius 2 is 1.83 bits per heavy atom. The predicted molar refractivity (Wildman–Crippen MR) is 66.6 cm³/mol. The smallest absolute Gasteiger partial charge is 0.264 e. The monoisotopic (exact) mass is 278 g/mol. The van der Waals surface area contributed by atoms with Gasteiger partial charge >= 0.3 is 0 Å². The first-order chi connectivity index (χ1) is 7.82. The van der Waals surface area contributed by atoms with Crippen molar-refractivity contribution in [2.24, 2.45) is 23.5 Å². The zero-order valence-electron chi connectivity index (χ0n) is 10.9. The minimum Gasteiger partial charge on any atom is -0.321 e. The average molecular weight is 279 g/mol. The van der Waals surface area contributed by atoms with E-state index in [2.05, 4.69) is 4.84 Å². The summed E-state index contributed by atoms with van der Waals surface area (Å²) >= 11 is 0. The lowest BCUT2D eigenvalue weighted by Crippen LogP contribution is -2.43. The first kappa shape index (κ1) is 17.0. The highest BCUT2D eigenvalue weighted by Gasteiger charge is 2.50. The van der Waals surface area contributed by atoms with Crippen molar-refractivity contribution >= 4 is 30.0 Å². The van der Waals surface area contributed by atoms with E-state index in [-0.39, 0.29) is 18.3 Å². The van der Waals surface area contributed by atoms with Crippen molar-refractivity contribution in [3.8, 4) is 0 Å². The number of nitrogens with zero attached hydrogens (tertiary/aromatic N) is 1. The molecule has 18 heavy (non-hydrogen) atoms. The van der Waals surface area contributed by atoms with Crippen LogP contribution in [0.4, 0.5) is 0 Å². The van der Waals surface area contributed by atoms with E-state index in [0.29, 0.717) is 5.06 Å². The number of hydrogen-bond donors (Lipinski definition) is 1. The fourth-order valence-electron chi connectivity index (χ4n) is 1.86. The van der Waals surface area contributed by atoms with E-state index in [1.54, 1.807) is 13.8 Å². The van der Waals surface area contributed by atoms with E-state index in [9.17, 15) is 14.4 Å². The Morgan fingerprint density at radius 3 is 2.17 bits per heavy atom. The van der Waals surface area contributed by atoms with Gasteiger partial charge in [0.05, 0.1) is 19.1 Å². The van der Waals surface area contributed by atoms with Gasteiger partial charge < -0.3 is 5.73 Å². The first-order valence-corrected chi connectivity index (χ1v) is 5.54. The number of carbonyl (C=O) groups is 3. The summed E-state index contributed by atoms with van der Waals surface area (Å²) in [6.07, 6.45) is 0. The Kier molecular flexibility index (Phi) is 5.92. The van der Waals surface area contributed by atoms with Crippen molar-refractivity contribution in [1.82, 2.24) is 5.06 Å². The first-order valence-electron chi connectivity index (χ1n) is 5.54. The predicted octanol–water partition coefficient (Wildman–Crippen LogP) is 0.143. The fraction of sp³-hybridized carbons (Fsp3) is 0.727. The summed E-state index contributed by atoms with van der Waals surface area (Å²) < 4.78 is 0. The Morgan fingerprint density at radius 1 is 1.33 bits per heavy atom. The Balaban J connectivity index is 0.00000289. The number of hydroxylamine groups is 2. The molecule has 1 aliphatic heterocycles. The van der Waals surface area contributed by atoms with Crippen molar-refractivity contribution in [1.29, 1.82) is 0 Å². The molecule has 0 radical (unpaired) electrons. The van der Waals surface area contributed by atoms with Gasteiger partial charge in [-0.25, -0.2) is 0 Å². The van der Waals surface area contributed by atoms with Crippen LogP contribution < -0.4 is 5.73 Å². The third kappa shape index (κ3) is 2.71. The van der Waals surface area contributed by atoms with Crippen LogP contribution >= 0.6 is 12.4 Å². The largest absolute Gasteiger partial charge is 0.321 e. The Hall–Kier alpha value is -0.980. The van der Waals surface area contributed by atoms with Crippen LogP contribution in [0.1, 0.15) is 20.8 Å². The quantitative estimate of drug-likeness (QED) is 0.584. The van der Waals surface area contributed by atoms with Gasteiger partial charge in [0.2, 0.25) is 0 Å². The molecule has 2 amide bonds. The SMILES string of the molecule is CON1C(=O)[C@@H](C(=O)[C@@H](N)C(C)C)[C@H](C)C1=O.Cl. The van der Waals surface area contributed by atoms with E-state index in [4.69, 9.17) is 5.73 Å². The number of Topliss-reactive ketones (excluding diaryl/α,β-unsaturated/α-hetero) is 1. The number of ketones is 1. The van der Waals surface area contributed by atoms with Gasteiger partial charge in [-0.3, -0.25) is 19.2 Å². The number of hydrogen-bond acceptors (Lipinski definition) is 5. The van der Waals surface area contributed by atoms with E-state index >= 15 is 0 Å². The highest BCUT2D eigenvalue weighted by molar-refractivity contribution is 6.15. The number of nitrogens with two attached hydrogens (primary N) is 1. The standard InChI is InChI=1S/C11H18N2O4.ClH/c1-5(2)8(12)9(14)7-6(3)10(15)13(17-4)11(7)16;/h5-8H,12H2,1-4H3;1H/t6-,7+,8-;/m0./s1. The second kappa shape index (κ2) is 6.26. The molecule has 3 atom stereocenters. The topological polar surface area (TPSA) is 89.7 Å². The molecule has 1 aliphatic rings. The number of halogens is 1. The molecule has 1 rings (SSSR count). The third-order valence-corrected chi connectivity index (χ3v) is 3.09. The highest BCUT2D eigenvalue weighted by atomic mass is 35.5. The maximum atomic E-state index is 12.0. The maximum absolute atomic E-state index is 12.0. The summed E-state index contributed by atoms with van der Waals surface area (Å²) in [5.41, 5.74) is 5.72. The molecular weight excluding hydrogens is 260 g/mol.